The standard InChI is InChI=1S/C18H19F2N3O2/c19-11-7-12(20)9-16(8-11)25-15-3-1-14(2-4-15)23-18(24)17-10-13(21)5-6-22-17/h5-10,14-15H,1-4H2,(H2,21,22)(H,23,24). The molecule has 1 saturated carbocycles. The average molecular weight is 347 g/mol. The minimum Gasteiger partial charge on any atom is -0.490 e. The Labute approximate surface area is 144 Å². The molecule has 1 aromatic carbocycles. The lowest BCUT2D eigenvalue weighted by Crippen LogP contribution is -2.40. The van der Waals surface area contributed by atoms with Crippen molar-refractivity contribution < 1.29 is 18.3 Å². The molecule has 0 atom stereocenters. The molecule has 1 fully saturated rings. The second kappa shape index (κ2) is 7.46. The van der Waals surface area contributed by atoms with Gasteiger partial charge in [0.15, 0.2) is 0 Å². The summed E-state index contributed by atoms with van der Waals surface area (Å²) in [6.07, 6.45) is 4.18. The molecule has 7 heteroatoms. The number of anilines is 1. The average Bonchev–Trinajstić information content (AvgIpc) is 2.56. The first-order valence-electron chi connectivity index (χ1n) is 8.15. The van der Waals surface area contributed by atoms with Crippen molar-refractivity contribution in [3.63, 3.8) is 0 Å². The molecule has 5 nitrogen and oxygen atoms in total. The maximum Gasteiger partial charge on any atom is 0.270 e. The Morgan fingerprint density at radius 3 is 2.44 bits per heavy atom. The summed E-state index contributed by atoms with van der Waals surface area (Å²) in [7, 11) is 0. The van der Waals surface area contributed by atoms with Crippen molar-refractivity contribution in [2.24, 2.45) is 0 Å². The Morgan fingerprint density at radius 2 is 1.80 bits per heavy atom. The van der Waals surface area contributed by atoms with Crippen LogP contribution >= 0.6 is 0 Å². The zero-order chi connectivity index (χ0) is 17.8. The number of aromatic nitrogens is 1. The van der Waals surface area contributed by atoms with E-state index in [9.17, 15) is 13.6 Å². The number of benzene rings is 1. The van der Waals surface area contributed by atoms with E-state index in [1.165, 1.54) is 24.4 Å². The number of ether oxygens (including phenoxy) is 1. The second-order valence-electron chi connectivity index (χ2n) is 6.14. The predicted octanol–water partition coefficient (Wildman–Crippen LogP) is 3.06. The van der Waals surface area contributed by atoms with Gasteiger partial charge < -0.3 is 15.8 Å². The number of carbonyl (C=O) groups excluding carboxylic acids is 1. The van der Waals surface area contributed by atoms with Gasteiger partial charge in [0, 0.05) is 36.1 Å². The molecular weight excluding hydrogens is 328 g/mol. The minimum atomic E-state index is -0.661. The topological polar surface area (TPSA) is 77.2 Å². The number of rotatable bonds is 4. The number of halogens is 2. The van der Waals surface area contributed by atoms with Crippen LogP contribution < -0.4 is 15.8 Å². The smallest absolute Gasteiger partial charge is 0.270 e. The Hall–Kier alpha value is -2.70. The Kier molecular flexibility index (Phi) is 5.11. The largest absolute Gasteiger partial charge is 0.490 e. The van der Waals surface area contributed by atoms with Crippen LogP contribution in [0.25, 0.3) is 0 Å². The molecule has 132 valence electrons. The predicted molar refractivity (Wildman–Crippen MR) is 89.1 cm³/mol. The van der Waals surface area contributed by atoms with E-state index in [1.807, 2.05) is 0 Å². The molecule has 1 aromatic heterocycles. The van der Waals surface area contributed by atoms with Gasteiger partial charge in [-0.2, -0.15) is 0 Å². The number of amides is 1. The van der Waals surface area contributed by atoms with Gasteiger partial charge in [-0.3, -0.25) is 9.78 Å². The number of pyridine rings is 1. The van der Waals surface area contributed by atoms with Crippen molar-refractivity contribution in [3.05, 3.63) is 53.9 Å². The third-order valence-corrected chi connectivity index (χ3v) is 4.16. The van der Waals surface area contributed by atoms with E-state index < -0.39 is 11.6 Å². The molecule has 0 spiro atoms. The van der Waals surface area contributed by atoms with E-state index in [0.717, 1.165) is 18.9 Å². The number of nitrogen functional groups attached to an aromatic ring is 1. The summed E-state index contributed by atoms with van der Waals surface area (Å²) in [4.78, 5) is 16.2. The van der Waals surface area contributed by atoms with Crippen molar-refractivity contribution >= 4 is 11.6 Å². The third-order valence-electron chi connectivity index (χ3n) is 4.16. The number of nitrogens with two attached hydrogens (primary N) is 1. The molecule has 1 amide bonds. The number of nitrogens with one attached hydrogen (secondary N) is 1. The van der Waals surface area contributed by atoms with Gasteiger partial charge in [0.1, 0.15) is 23.1 Å². The van der Waals surface area contributed by atoms with E-state index in [1.54, 1.807) is 6.07 Å². The first-order chi connectivity index (χ1) is 12.0. The number of carbonyl (C=O) groups is 1. The Bertz CT molecular complexity index is 741. The van der Waals surface area contributed by atoms with Crippen molar-refractivity contribution in [1.29, 1.82) is 0 Å². The number of hydrogen-bond acceptors (Lipinski definition) is 4. The maximum absolute atomic E-state index is 13.2. The van der Waals surface area contributed by atoms with Crippen LogP contribution in [-0.4, -0.2) is 23.0 Å². The van der Waals surface area contributed by atoms with Crippen molar-refractivity contribution in [2.75, 3.05) is 5.73 Å². The van der Waals surface area contributed by atoms with Crippen LogP contribution in [0.2, 0.25) is 0 Å². The van der Waals surface area contributed by atoms with E-state index in [0.29, 0.717) is 18.5 Å². The highest BCUT2D eigenvalue weighted by Gasteiger charge is 2.24. The van der Waals surface area contributed by atoms with Gasteiger partial charge in [-0.25, -0.2) is 8.78 Å². The molecular formula is C18H19F2N3O2. The molecule has 3 N–H and O–H groups in total. The molecule has 0 unspecified atom stereocenters. The van der Waals surface area contributed by atoms with Gasteiger partial charge in [-0.1, -0.05) is 0 Å². The van der Waals surface area contributed by atoms with Crippen molar-refractivity contribution in [3.8, 4) is 5.75 Å². The minimum absolute atomic E-state index is 0.0137. The highest BCUT2D eigenvalue weighted by molar-refractivity contribution is 5.93. The Morgan fingerprint density at radius 1 is 1.12 bits per heavy atom. The zero-order valence-corrected chi connectivity index (χ0v) is 13.5. The highest BCUT2D eigenvalue weighted by atomic mass is 19.1. The maximum atomic E-state index is 13.2. The fraction of sp³-hybridized carbons (Fsp3) is 0.333. The molecule has 3 rings (SSSR count). The quantitative estimate of drug-likeness (QED) is 0.891. The van der Waals surface area contributed by atoms with Crippen LogP contribution in [0.4, 0.5) is 14.5 Å². The molecule has 0 bridgehead atoms. The van der Waals surface area contributed by atoms with Crippen LogP contribution in [0.5, 0.6) is 5.75 Å². The summed E-state index contributed by atoms with van der Waals surface area (Å²) in [5, 5.41) is 2.93. The van der Waals surface area contributed by atoms with Crippen molar-refractivity contribution in [2.45, 2.75) is 37.8 Å². The summed E-state index contributed by atoms with van der Waals surface area (Å²) in [6.45, 7) is 0. The molecule has 2 aromatic rings. The van der Waals surface area contributed by atoms with E-state index in [4.69, 9.17) is 10.5 Å². The molecule has 0 radical (unpaired) electrons. The molecule has 0 saturated heterocycles. The van der Waals surface area contributed by atoms with Gasteiger partial charge >= 0.3 is 0 Å². The summed E-state index contributed by atoms with van der Waals surface area (Å²) < 4.78 is 32.0. The lowest BCUT2D eigenvalue weighted by molar-refractivity contribution is 0.0888. The van der Waals surface area contributed by atoms with Crippen molar-refractivity contribution in [1.82, 2.24) is 10.3 Å². The first-order valence-corrected chi connectivity index (χ1v) is 8.15. The highest BCUT2D eigenvalue weighted by Crippen LogP contribution is 2.25. The van der Waals surface area contributed by atoms with Gasteiger partial charge in [-0.15, -0.1) is 0 Å². The molecule has 1 heterocycles. The zero-order valence-electron chi connectivity index (χ0n) is 13.5. The van der Waals surface area contributed by atoms with Crippen LogP contribution in [0.1, 0.15) is 36.2 Å². The van der Waals surface area contributed by atoms with Gasteiger partial charge in [-0.05, 0) is 37.8 Å². The second-order valence-corrected chi connectivity index (χ2v) is 6.14. The van der Waals surface area contributed by atoms with E-state index >= 15 is 0 Å². The molecule has 0 aliphatic heterocycles. The fourth-order valence-corrected chi connectivity index (χ4v) is 2.94. The van der Waals surface area contributed by atoms with Gasteiger partial charge in [0.05, 0.1) is 6.10 Å². The normalized spacial score (nSPS) is 20.1. The summed E-state index contributed by atoms with van der Waals surface area (Å²) in [5.41, 5.74) is 6.42. The van der Waals surface area contributed by atoms with Crippen LogP contribution in [0.3, 0.4) is 0 Å². The monoisotopic (exact) mass is 347 g/mol. The SMILES string of the molecule is Nc1ccnc(C(=O)NC2CCC(Oc3cc(F)cc(F)c3)CC2)c1. The summed E-state index contributed by atoms with van der Waals surface area (Å²) in [5.74, 6) is -1.39. The van der Waals surface area contributed by atoms with E-state index in [2.05, 4.69) is 10.3 Å². The summed E-state index contributed by atoms with van der Waals surface area (Å²) >= 11 is 0. The molecule has 1 aliphatic carbocycles. The summed E-state index contributed by atoms with van der Waals surface area (Å²) in [6, 6.07) is 6.31. The number of nitrogens with zero attached hydrogens (tertiary/aromatic N) is 1. The fourth-order valence-electron chi connectivity index (χ4n) is 2.94. The lowest BCUT2D eigenvalue weighted by atomic mass is 9.92. The molecule has 1 aliphatic rings. The third kappa shape index (κ3) is 4.65. The lowest BCUT2D eigenvalue weighted by Gasteiger charge is -2.29. The Balaban J connectivity index is 1.51. The van der Waals surface area contributed by atoms with Gasteiger partial charge in [0.2, 0.25) is 0 Å². The van der Waals surface area contributed by atoms with Crippen LogP contribution in [0, 0.1) is 11.6 Å². The van der Waals surface area contributed by atoms with Crippen LogP contribution in [0.15, 0.2) is 36.5 Å². The van der Waals surface area contributed by atoms with Gasteiger partial charge in [0.25, 0.3) is 5.91 Å². The number of hydrogen-bond donors (Lipinski definition) is 2. The molecule has 25 heavy (non-hydrogen) atoms. The van der Waals surface area contributed by atoms with Crippen LogP contribution in [-0.2, 0) is 0 Å². The first kappa shape index (κ1) is 17.1. The van der Waals surface area contributed by atoms with E-state index in [-0.39, 0.29) is 29.5 Å².